The van der Waals surface area contributed by atoms with E-state index < -0.39 is 0 Å². The number of benzene rings is 1. The summed E-state index contributed by atoms with van der Waals surface area (Å²) in [6.45, 7) is 7.74. The summed E-state index contributed by atoms with van der Waals surface area (Å²) in [5, 5.41) is 6.19. The van der Waals surface area contributed by atoms with Gasteiger partial charge in [-0.3, -0.25) is 4.79 Å². The van der Waals surface area contributed by atoms with Crippen LogP contribution in [0.3, 0.4) is 0 Å². The summed E-state index contributed by atoms with van der Waals surface area (Å²) < 4.78 is 5.58. The number of carbonyl (C=O) groups is 1. The first-order valence-corrected chi connectivity index (χ1v) is 7.13. The summed E-state index contributed by atoms with van der Waals surface area (Å²) in [6, 6.07) is 6.13. The lowest BCUT2D eigenvalue weighted by Crippen LogP contribution is -2.25. The van der Waals surface area contributed by atoms with Gasteiger partial charge in [-0.15, -0.1) is 0 Å². The maximum atomic E-state index is 12.0. The Kier molecular flexibility index (Phi) is 4.33. The van der Waals surface area contributed by atoms with Gasteiger partial charge in [-0.2, -0.15) is 0 Å². The van der Waals surface area contributed by atoms with Crippen molar-refractivity contribution in [2.24, 2.45) is 5.41 Å². The fourth-order valence-electron chi connectivity index (χ4n) is 2.49. The van der Waals surface area contributed by atoms with Gasteiger partial charge in [0.25, 0.3) is 5.91 Å². The number of amides is 1. The number of rotatable bonds is 3. The molecule has 4 heteroatoms. The molecule has 110 valence electrons. The SMILES string of the molecule is CNC(CC(C)(C)C)c1ccc2c(c1)C(=O)NCCO2. The normalized spacial score (nSPS) is 16.7. The van der Waals surface area contributed by atoms with E-state index in [1.54, 1.807) is 0 Å². The molecule has 1 aliphatic rings. The van der Waals surface area contributed by atoms with Gasteiger partial charge in [-0.05, 0) is 36.6 Å². The standard InChI is InChI=1S/C16H24N2O2/c1-16(2,3)10-13(17-4)11-5-6-14-12(9-11)15(19)18-7-8-20-14/h5-6,9,13,17H,7-8,10H2,1-4H3,(H,18,19). The highest BCUT2D eigenvalue weighted by Gasteiger charge is 2.22. The molecule has 20 heavy (non-hydrogen) atoms. The van der Waals surface area contributed by atoms with Crippen LogP contribution in [0, 0.1) is 5.41 Å². The van der Waals surface area contributed by atoms with Crippen molar-refractivity contribution in [3.8, 4) is 5.75 Å². The summed E-state index contributed by atoms with van der Waals surface area (Å²) in [5.41, 5.74) is 1.98. The van der Waals surface area contributed by atoms with Gasteiger partial charge in [-0.1, -0.05) is 26.8 Å². The molecule has 4 nitrogen and oxygen atoms in total. The van der Waals surface area contributed by atoms with Crippen LogP contribution in [-0.2, 0) is 0 Å². The smallest absolute Gasteiger partial charge is 0.255 e. The third-order valence-electron chi connectivity index (χ3n) is 3.46. The van der Waals surface area contributed by atoms with Crippen molar-refractivity contribution < 1.29 is 9.53 Å². The van der Waals surface area contributed by atoms with Crippen molar-refractivity contribution in [3.63, 3.8) is 0 Å². The zero-order chi connectivity index (χ0) is 14.8. The molecule has 0 radical (unpaired) electrons. The van der Waals surface area contributed by atoms with Gasteiger partial charge in [0.15, 0.2) is 0 Å². The van der Waals surface area contributed by atoms with Crippen LogP contribution >= 0.6 is 0 Å². The molecule has 1 unspecified atom stereocenters. The largest absolute Gasteiger partial charge is 0.491 e. The lowest BCUT2D eigenvalue weighted by Gasteiger charge is -2.26. The summed E-state index contributed by atoms with van der Waals surface area (Å²) in [5.74, 6) is 0.624. The third-order valence-corrected chi connectivity index (χ3v) is 3.46. The number of carbonyl (C=O) groups excluding carboxylic acids is 1. The monoisotopic (exact) mass is 276 g/mol. The van der Waals surface area contributed by atoms with E-state index in [2.05, 4.69) is 31.4 Å². The summed E-state index contributed by atoms with van der Waals surface area (Å²) in [7, 11) is 1.96. The van der Waals surface area contributed by atoms with E-state index in [0.717, 1.165) is 12.0 Å². The van der Waals surface area contributed by atoms with E-state index in [0.29, 0.717) is 24.5 Å². The topological polar surface area (TPSA) is 50.4 Å². The van der Waals surface area contributed by atoms with Crippen LogP contribution in [0.15, 0.2) is 18.2 Å². The first-order chi connectivity index (χ1) is 9.40. The quantitative estimate of drug-likeness (QED) is 0.892. The summed E-state index contributed by atoms with van der Waals surface area (Å²) in [4.78, 5) is 12.0. The summed E-state index contributed by atoms with van der Waals surface area (Å²) >= 11 is 0. The highest BCUT2D eigenvalue weighted by molar-refractivity contribution is 5.97. The predicted octanol–water partition coefficient (Wildman–Crippen LogP) is 2.51. The highest BCUT2D eigenvalue weighted by atomic mass is 16.5. The Bertz CT molecular complexity index is 492. The molecule has 1 heterocycles. The highest BCUT2D eigenvalue weighted by Crippen LogP contribution is 2.31. The Morgan fingerprint density at radius 1 is 1.40 bits per heavy atom. The van der Waals surface area contributed by atoms with Gasteiger partial charge >= 0.3 is 0 Å². The van der Waals surface area contributed by atoms with Gasteiger partial charge in [0.1, 0.15) is 12.4 Å². The molecule has 0 aliphatic carbocycles. The Morgan fingerprint density at radius 2 is 2.15 bits per heavy atom. The number of hydrogen-bond donors (Lipinski definition) is 2. The fraction of sp³-hybridized carbons (Fsp3) is 0.562. The Morgan fingerprint density at radius 3 is 2.80 bits per heavy atom. The second-order valence-corrected chi connectivity index (χ2v) is 6.47. The molecule has 0 bridgehead atoms. The average Bonchev–Trinajstić information content (AvgIpc) is 2.57. The third kappa shape index (κ3) is 3.51. The van der Waals surface area contributed by atoms with E-state index in [9.17, 15) is 4.79 Å². The molecule has 0 fully saturated rings. The minimum Gasteiger partial charge on any atom is -0.491 e. The molecule has 1 aliphatic heterocycles. The van der Waals surface area contributed by atoms with Crippen molar-refractivity contribution in [1.29, 1.82) is 0 Å². The molecule has 2 N–H and O–H groups in total. The lowest BCUT2D eigenvalue weighted by molar-refractivity contribution is 0.0957. The predicted molar refractivity (Wildman–Crippen MR) is 80.1 cm³/mol. The average molecular weight is 276 g/mol. The number of nitrogens with one attached hydrogen (secondary N) is 2. The van der Waals surface area contributed by atoms with Gasteiger partial charge in [-0.25, -0.2) is 0 Å². The van der Waals surface area contributed by atoms with Crippen LogP contribution in [0.25, 0.3) is 0 Å². The van der Waals surface area contributed by atoms with Crippen molar-refractivity contribution in [1.82, 2.24) is 10.6 Å². The van der Waals surface area contributed by atoms with Crippen LogP contribution in [-0.4, -0.2) is 26.1 Å². The van der Waals surface area contributed by atoms with Crippen LogP contribution < -0.4 is 15.4 Å². The van der Waals surface area contributed by atoms with Crippen molar-refractivity contribution in [2.75, 3.05) is 20.2 Å². The molecule has 2 rings (SSSR count). The molecule has 0 saturated heterocycles. The Labute approximate surface area is 120 Å². The maximum Gasteiger partial charge on any atom is 0.255 e. The molecule has 1 atom stereocenters. The van der Waals surface area contributed by atoms with E-state index in [4.69, 9.17) is 4.74 Å². The number of fused-ring (bicyclic) bond motifs is 1. The zero-order valence-electron chi connectivity index (χ0n) is 12.7. The van der Waals surface area contributed by atoms with E-state index in [1.807, 2.05) is 25.2 Å². The van der Waals surface area contributed by atoms with Crippen LogP contribution in [0.2, 0.25) is 0 Å². The molecule has 1 aromatic carbocycles. The molecule has 1 amide bonds. The second-order valence-electron chi connectivity index (χ2n) is 6.47. The zero-order valence-corrected chi connectivity index (χ0v) is 12.7. The maximum absolute atomic E-state index is 12.0. The first kappa shape index (κ1) is 14.9. The molecule has 1 aromatic rings. The Hall–Kier alpha value is -1.55. The van der Waals surface area contributed by atoms with E-state index >= 15 is 0 Å². The minimum absolute atomic E-state index is 0.0510. The lowest BCUT2D eigenvalue weighted by atomic mass is 9.85. The molecular weight excluding hydrogens is 252 g/mol. The summed E-state index contributed by atoms with van der Waals surface area (Å²) in [6.07, 6.45) is 1.00. The van der Waals surface area contributed by atoms with Crippen LogP contribution in [0.4, 0.5) is 0 Å². The van der Waals surface area contributed by atoms with E-state index in [-0.39, 0.29) is 17.4 Å². The molecular formula is C16H24N2O2. The van der Waals surface area contributed by atoms with Gasteiger partial charge in [0.05, 0.1) is 12.1 Å². The molecule has 0 aromatic heterocycles. The number of ether oxygens (including phenoxy) is 1. The minimum atomic E-state index is -0.0510. The van der Waals surface area contributed by atoms with Crippen LogP contribution in [0.1, 0.15) is 49.2 Å². The molecule has 0 spiro atoms. The Balaban J connectivity index is 2.31. The van der Waals surface area contributed by atoms with Crippen LogP contribution in [0.5, 0.6) is 5.75 Å². The van der Waals surface area contributed by atoms with Gasteiger partial charge in [0.2, 0.25) is 0 Å². The van der Waals surface area contributed by atoms with Crippen molar-refractivity contribution in [3.05, 3.63) is 29.3 Å². The fourth-order valence-corrected chi connectivity index (χ4v) is 2.49. The molecule has 0 saturated carbocycles. The van der Waals surface area contributed by atoms with E-state index in [1.165, 1.54) is 0 Å². The first-order valence-electron chi connectivity index (χ1n) is 7.13. The van der Waals surface area contributed by atoms with Gasteiger partial charge in [0, 0.05) is 6.04 Å². The second kappa shape index (κ2) is 5.83. The van der Waals surface area contributed by atoms with Crippen molar-refractivity contribution in [2.45, 2.75) is 33.2 Å². The van der Waals surface area contributed by atoms with Gasteiger partial charge < -0.3 is 15.4 Å². The number of hydrogen-bond acceptors (Lipinski definition) is 3. The van der Waals surface area contributed by atoms with Crippen molar-refractivity contribution >= 4 is 5.91 Å².